The second-order valence-electron chi connectivity index (χ2n) is 4.67. The molecular formula is C10H17HfSi. The normalized spacial score (nSPS) is 17.5. The molecule has 1 aliphatic carbocycles. The van der Waals surface area contributed by atoms with Crippen LogP contribution in [0.15, 0.2) is 21.1 Å². The van der Waals surface area contributed by atoms with Crippen LogP contribution >= 0.6 is 0 Å². The molecule has 0 saturated heterocycles. The van der Waals surface area contributed by atoms with Crippen LogP contribution in [0.25, 0.3) is 0 Å². The van der Waals surface area contributed by atoms with E-state index in [0.717, 1.165) is 0 Å². The van der Waals surface area contributed by atoms with Crippen molar-refractivity contribution in [2.75, 3.05) is 0 Å². The Morgan fingerprint density at radius 1 is 1.42 bits per heavy atom. The van der Waals surface area contributed by atoms with E-state index < -0.39 is 8.07 Å². The molecule has 0 aromatic rings. The van der Waals surface area contributed by atoms with Gasteiger partial charge in [-0.05, 0) is 0 Å². The molecule has 1 rings (SSSR count). The van der Waals surface area contributed by atoms with Crippen molar-refractivity contribution in [2.24, 2.45) is 0 Å². The summed E-state index contributed by atoms with van der Waals surface area (Å²) >= 11 is 1.27. The standard InChI is InChI=1S/C10H17Si.Hf/c1-11(2,3)9-8-10-6-4-5-7-10;/h4,6H,5,8-9H2,1-3H3;. The van der Waals surface area contributed by atoms with Gasteiger partial charge < -0.3 is 0 Å². The number of allylic oxidation sites excluding steroid dienone is 4. The molecule has 65 valence electrons. The van der Waals surface area contributed by atoms with Gasteiger partial charge in [-0.3, -0.25) is 0 Å². The summed E-state index contributed by atoms with van der Waals surface area (Å²) in [6, 6.07) is 1.46. The number of hydrogen-bond donors (Lipinski definition) is 0. The molecule has 0 heterocycles. The fourth-order valence-electron chi connectivity index (χ4n) is 1.29. The number of rotatable bonds is 3. The van der Waals surface area contributed by atoms with Gasteiger partial charge in [-0.25, -0.2) is 0 Å². The van der Waals surface area contributed by atoms with Crippen molar-refractivity contribution < 1.29 is 24.4 Å². The fourth-order valence-corrected chi connectivity index (χ4v) is 3.49. The Balaban J connectivity index is 2.42. The molecule has 2 heteroatoms. The molecular weight excluding hydrogens is 327 g/mol. The predicted octanol–water partition coefficient (Wildman–Crippen LogP) is 3.48. The third-order valence-corrected chi connectivity index (χ3v) is 5.81. The summed E-state index contributed by atoms with van der Waals surface area (Å²) in [5, 5.41) is 0. The first kappa shape index (κ1) is 10.6. The predicted molar refractivity (Wildman–Crippen MR) is 53.6 cm³/mol. The third-order valence-electron chi connectivity index (χ3n) is 2.17. The van der Waals surface area contributed by atoms with Crippen LogP contribution in [-0.2, 0) is 24.4 Å². The summed E-state index contributed by atoms with van der Waals surface area (Å²) in [4.78, 5) is 0. The van der Waals surface area contributed by atoms with Crippen molar-refractivity contribution >= 4 is 8.07 Å². The molecule has 0 radical (unpaired) electrons. The molecule has 0 saturated carbocycles. The van der Waals surface area contributed by atoms with E-state index in [-0.39, 0.29) is 0 Å². The minimum atomic E-state index is -0.807. The first-order valence-electron chi connectivity index (χ1n) is 4.59. The fraction of sp³-hybridized carbons (Fsp3) is 0.600. The molecule has 0 fully saturated rings. The molecule has 0 bridgehead atoms. The van der Waals surface area contributed by atoms with Gasteiger partial charge in [0.1, 0.15) is 0 Å². The van der Waals surface area contributed by atoms with Crippen LogP contribution in [0, 0.1) is 0 Å². The van der Waals surface area contributed by atoms with Gasteiger partial charge in [-0.15, -0.1) is 0 Å². The zero-order valence-corrected chi connectivity index (χ0v) is 12.9. The van der Waals surface area contributed by atoms with E-state index in [2.05, 4.69) is 31.8 Å². The van der Waals surface area contributed by atoms with E-state index in [1.807, 2.05) is 0 Å². The van der Waals surface area contributed by atoms with Crippen LogP contribution in [0.2, 0.25) is 25.7 Å². The van der Waals surface area contributed by atoms with E-state index in [1.54, 1.807) is 8.90 Å². The molecule has 1 aliphatic rings. The Kier molecular flexibility index (Phi) is 3.71. The average molecular weight is 344 g/mol. The van der Waals surface area contributed by atoms with Gasteiger partial charge in [0.05, 0.1) is 0 Å². The Labute approximate surface area is 91.7 Å². The summed E-state index contributed by atoms with van der Waals surface area (Å²) < 4.78 is 1.73. The third kappa shape index (κ3) is 3.52. The molecule has 0 spiro atoms. The molecule has 0 aromatic heterocycles. The van der Waals surface area contributed by atoms with Crippen molar-refractivity contribution in [3.8, 4) is 0 Å². The second kappa shape index (κ2) is 4.19. The van der Waals surface area contributed by atoms with E-state index >= 15 is 0 Å². The Bertz CT molecular complexity index is 220. The molecule has 12 heavy (non-hydrogen) atoms. The monoisotopic (exact) mass is 345 g/mol. The zero-order chi connectivity index (χ0) is 9.19. The quantitative estimate of drug-likeness (QED) is 0.688. The van der Waals surface area contributed by atoms with Gasteiger partial charge >= 0.3 is 92.0 Å². The van der Waals surface area contributed by atoms with Crippen LogP contribution < -0.4 is 0 Å². The summed E-state index contributed by atoms with van der Waals surface area (Å²) in [5.41, 5.74) is 1.67. The molecule has 0 unspecified atom stereocenters. The van der Waals surface area contributed by atoms with Gasteiger partial charge in [0.15, 0.2) is 0 Å². The Morgan fingerprint density at radius 3 is 2.50 bits per heavy atom. The van der Waals surface area contributed by atoms with Crippen molar-refractivity contribution in [1.29, 1.82) is 0 Å². The maximum atomic E-state index is 2.46. The van der Waals surface area contributed by atoms with Gasteiger partial charge in [-0.1, -0.05) is 0 Å². The van der Waals surface area contributed by atoms with E-state index in [9.17, 15) is 0 Å². The molecule has 0 atom stereocenters. The van der Waals surface area contributed by atoms with E-state index in [4.69, 9.17) is 0 Å². The topological polar surface area (TPSA) is 0 Å². The van der Waals surface area contributed by atoms with Gasteiger partial charge in [0.2, 0.25) is 0 Å². The second-order valence-corrected chi connectivity index (χ2v) is 12.5. The minimum absolute atomic E-state index is 0.807. The van der Waals surface area contributed by atoms with Crippen LogP contribution in [0.5, 0.6) is 0 Å². The molecule has 0 amide bonds. The Hall–Kier alpha value is 0.567. The van der Waals surface area contributed by atoms with Crippen LogP contribution in [0.1, 0.15) is 12.8 Å². The maximum absolute atomic E-state index is 2.46. The zero-order valence-electron chi connectivity index (χ0n) is 8.28. The summed E-state index contributed by atoms with van der Waals surface area (Å²) in [5.74, 6) is 0. The molecule has 0 nitrogen and oxygen atoms in total. The van der Waals surface area contributed by atoms with Crippen molar-refractivity contribution in [1.82, 2.24) is 0 Å². The van der Waals surface area contributed by atoms with Crippen molar-refractivity contribution in [3.05, 3.63) is 21.1 Å². The first-order chi connectivity index (χ1) is 5.49. The number of hydrogen-bond acceptors (Lipinski definition) is 0. The van der Waals surface area contributed by atoms with E-state index in [1.165, 1.54) is 43.3 Å². The SMILES string of the molecule is C[Si](C)(C)CCC1=[C]([Hf])CC=C1. The van der Waals surface area contributed by atoms with Crippen LogP contribution in [-0.4, -0.2) is 8.07 Å². The van der Waals surface area contributed by atoms with Gasteiger partial charge in [-0.2, -0.15) is 0 Å². The molecule has 0 N–H and O–H groups in total. The summed E-state index contributed by atoms with van der Waals surface area (Å²) in [7, 11) is -0.807. The Morgan fingerprint density at radius 2 is 2.08 bits per heavy atom. The summed E-state index contributed by atoms with van der Waals surface area (Å²) in [6.07, 6.45) is 7.28. The molecule has 0 aromatic carbocycles. The summed E-state index contributed by atoms with van der Waals surface area (Å²) in [6.45, 7) is 7.37. The van der Waals surface area contributed by atoms with Crippen LogP contribution in [0.3, 0.4) is 0 Å². The van der Waals surface area contributed by atoms with Crippen LogP contribution in [0.4, 0.5) is 0 Å². The van der Waals surface area contributed by atoms with E-state index in [0.29, 0.717) is 0 Å². The van der Waals surface area contributed by atoms with Gasteiger partial charge in [0, 0.05) is 0 Å². The molecule has 0 aliphatic heterocycles. The van der Waals surface area contributed by atoms with Crippen molar-refractivity contribution in [3.63, 3.8) is 0 Å². The average Bonchev–Trinajstić information content (AvgIpc) is 2.29. The first-order valence-corrected chi connectivity index (χ1v) is 10.1. The van der Waals surface area contributed by atoms with Crippen molar-refractivity contribution in [2.45, 2.75) is 38.5 Å². The van der Waals surface area contributed by atoms with Gasteiger partial charge in [0.25, 0.3) is 0 Å².